The van der Waals surface area contributed by atoms with Crippen LogP contribution in [-0.2, 0) is 9.59 Å². The van der Waals surface area contributed by atoms with Crippen molar-refractivity contribution in [2.45, 2.75) is 33.6 Å². The Morgan fingerprint density at radius 1 is 1.17 bits per heavy atom. The Morgan fingerprint density at radius 3 is 2.33 bits per heavy atom. The zero-order valence-corrected chi connectivity index (χ0v) is 14.8. The zero-order valence-electron chi connectivity index (χ0n) is 13.9. The average molecular weight is 341 g/mol. The molecule has 0 N–H and O–H groups in total. The fourth-order valence-corrected chi connectivity index (χ4v) is 3.72. The lowest BCUT2D eigenvalue weighted by atomic mass is 9.70. The van der Waals surface area contributed by atoms with Gasteiger partial charge in [0.1, 0.15) is 17.5 Å². The molecule has 0 unspecified atom stereocenters. The first-order valence-corrected chi connectivity index (χ1v) is 8.63. The number of carbonyl (C=O) groups is 2. The van der Waals surface area contributed by atoms with E-state index in [1.165, 1.54) is 11.5 Å². The van der Waals surface area contributed by atoms with E-state index in [2.05, 4.69) is 14.6 Å². The van der Waals surface area contributed by atoms with Crippen molar-refractivity contribution < 1.29 is 9.59 Å². The van der Waals surface area contributed by atoms with Gasteiger partial charge in [-0.05, 0) is 36.0 Å². The number of Topliss-reactive ketones (excluding diaryl/α,β-unsaturated/α-hetero) is 2. The maximum absolute atomic E-state index is 12.7. The molecule has 0 amide bonds. The molecule has 1 saturated carbocycles. The molecule has 2 aromatic rings. The Morgan fingerprint density at radius 2 is 1.79 bits per heavy atom. The number of ketones is 2. The quantitative estimate of drug-likeness (QED) is 0.632. The van der Waals surface area contributed by atoms with Gasteiger partial charge in [-0.3, -0.25) is 14.6 Å². The van der Waals surface area contributed by atoms with Gasteiger partial charge >= 0.3 is 0 Å². The molecule has 1 aromatic carbocycles. The molecule has 5 nitrogen and oxygen atoms in total. The molecule has 24 heavy (non-hydrogen) atoms. The van der Waals surface area contributed by atoms with Crippen molar-refractivity contribution >= 4 is 34.5 Å². The maximum atomic E-state index is 12.7. The van der Waals surface area contributed by atoms with Crippen molar-refractivity contribution in [2.75, 3.05) is 0 Å². The van der Waals surface area contributed by atoms with E-state index in [-0.39, 0.29) is 17.0 Å². The van der Waals surface area contributed by atoms with E-state index in [0.717, 1.165) is 0 Å². The first-order valence-electron chi connectivity index (χ1n) is 7.86. The highest BCUT2D eigenvalue weighted by Gasteiger charge is 2.43. The van der Waals surface area contributed by atoms with Crippen LogP contribution in [0.5, 0.6) is 0 Å². The Labute approximate surface area is 145 Å². The average Bonchev–Trinajstić information content (AvgIpc) is 2.91. The number of carbonyl (C=O) groups excluding carboxylic acids is 2. The molecule has 1 heterocycles. The summed E-state index contributed by atoms with van der Waals surface area (Å²) in [6, 6.07) is 9.36. The van der Waals surface area contributed by atoms with Crippen LogP contribution in [0.15, 0.2) is 35.3 Å². The minimum atomic E-state index is -0.820. The third-order valence-corrected chi connectivity index (χ3v) is 4.96. The van der Waals surface area contributed by atoms with Crippen molar-refractivity contribution in [2.24, 2.45) is 16.3 Å². The standard InChI is InChI=1S/C18H19N3O2S/c1-11-17(24-21-20-11)16(19-12-7-5-4-6-8-12)15-13(22)9-18(2,3)10-14(15)23/h4-8,15H,9-10H2,1-3H3/b19-16+. The van der Waals surface area contributed by atoms with Crippen LogP contribution in [-0.4, -0.2) is 26.9 Å². The topological polar surface area (TPSA) is 72.3 Å². The number of para-hydroxylation sites is 1. The predicted octanol–water partition coefficient (Wildman–Crippen LogP) is 3.54. The number of rotatable bonds is 3. The molecule has 1 aliphatic rings. The number of benzene rings is 1. The van der Waals surface area contributed by atoms with E-state index in [1.807, 2.05) is 51.1 Å². The van der Waals surface area contributed by atoms with Gasteiger partial charge in [0.25, 0.3) is 0 Å². The van der Waals surface area contributed by atoms with E-state index in [0.29, 0.717) is 34.8 Å². The lowest BCUT2D eigenvalue weighted by Gasteiger charge is -2.32. The number of nitrogens with zero attached hydrogens (tertiary/aromatic N) is 3. The van der Waals surface area contributed by atoms with Crippen LogP contribution in [0.2, 0.25) is 0 Å². The number of hydrogen-bond acceptors (Lipinski definition) is 6. The molecule has 0 atom stereocenters. The van der Waals surface area contributed by atoms with Gasteiger partial charge in [0.05, 0.1) is 22.0 Å². The number of aromatic nitrogens is 2. The summed E-state index contributed by atoms with van der Waals surface area (Å²) in [6.07, 6.45) is 0.755. The van der Waals surface area contributed by atoms with Crippen LogP contribution in [0, 0.1) is 18.3 Å². The third kappa shape index (κ3) is 3.33. The van der Waals surface area contributed by atoms with Crippen LogP contribution in [0.4, 0.5) is 5.69 Å². The molecular formula is C18H19N3O2S. The van der Waals surface area contributed by atoms with Gasteiger partial charge in [-0.2, -0.15) is 0 Å². The summed E-state index contributed by atoms with van der Waals surface area (Å²) in [4.78, 5) is 30.8. The third-order valence-electron chi connectivity index (χ3n) is 4.11. The Hall–Kier alpha value is -2.21. The summed E-state index contributed by atoms with van der Waals surface area (Å²) in [5.41, 5.74) is 1.61. The molecule has 1 fully saturated rings. The summed E-state index contributed by atoms with van der Waals surface area (Å²) in [6.45, 7) is 5.72. The molecule has 0 spiro atoms. The second-order valence-corrected chi connectivity index (χ2v) is 7.66. The van der Waals surface area contributed by atoms with E-state index in [4.69, 9.17) is 0 Å². The zero-order chi connectivity index (χ0) is 17.3. The highest BCUT2D eigenvalue weighted by Crippen LogP contribution is 2.36. The molecule has 0 radical (unpaired) electrons. The molecule has 3 rings (SSSR count). The van der Waals surface area contributed by atoms with Crippen molar-refractivity contribution in [1.82, 2.24) is 9.59 Å². The van der Waals surface area contributed by atoms with Crippen LogP contribution in [0.25, 0.3) is 0 Å². The summed E-state index contributed by atoms with van der Waals surface area (Å²) in [7, 11) is 0. The second kappa shape index (κ2) is 6.36. The van der Waals surface area contributed by atoms with Gasteiger partial charge in [0.2, 0.25) is 0 Å². The molecule has 1 aliphatic carbocycles. The van der Waals surface area contributed by atoms with Crippen molar-refractivity contribution in [3.05, 3.63) is 40.9 Å². The molecule has 1 aromatic heterocycles. The maximum Gasteiger partial charge on any atom is 0.149 e. The summed E-state index contributed by atoms with van der Waals surface area (Å²) >= 11 is 1.18. The van der Waals surface area contributed by atoms with Gasteiger partial charge in [0, 0.05) is 12.8 Å². The Kier molecular flexibility index (Phi) is 4.41. The van der Waals surface area contributed by atoms with Crippen LogP contribution >= 0.6 is 11.5 Å². The van der Waals surface area contributed by atoms with E-state index in [9.17, 15) is 9.59 Å². The van der Waals surface area contributed by atoms with Gasteiger partial charge in [-0.15, -0.1) is 5.10 Å². The number of aryl methyl sites for hydroxylation is 1. The molecule has 6 heteroatoms. The molecule has 0 bridgehead atoms. The minimum absolute atomic E-state index is 0.0706. The summed E-state index contributed by atoms with van der Waals surface area (Å²) in [5.74, 6) is -0.961. The molecule has 0 aliphatic heterocycles. The highest BCUT2D eigenvalue weighted by atomic mass is 32.1. The highest BCUT2D eigenvalue weighted by molar-refractivity contribution is 7.08. The first kappa shape index (κ1) is 16.6. The van der Waals surface area contributed by atoms with E-state index >= 15 is 0 Å². The van der Waals surface area contributed by atoms with Crippen molar-refractivity contribution in [1.29, 1.82) is 0 Å². The summed E-state index contributed by atoms with van der Waals surface area (Å²) in [5, 5.41) is 4.02. The van der Waals surface area contributed by atoms with Crippen LogP contribution in [0.3, 0.4) is 0 Å². The lowest BCUT2D eigenvalue weighted by Crippen LogP contribution is -2.42. The van der Waals surface area contributed by atoms with Gasteiger partial charge in [0.15, 0.2) is 0 Å². The monoisotopic (exact) mass is 341 g/mol. The Balaban J connectivity index is 2.09. The van der Waals surface area contributed by atoms with E-state index < -0.39 is 5.92 Å². The van der Waals surface area contributed by atoms with Crippen molar-refractivity contribution in [3.8, 4) is 0 Å². The molecule has 0 saturated heterocycles. The largest absolute Gasteiger partial charge is 0.298 e. The molecule has 124 valence electrons. The number of aliphatic imine (C=N–C) groups is 1. The first-order chi connectivity index (χ1) is 11.4. The number of hydrogen-bond donors (Lipinski definition) is 0. The fourth-order valence-electron chi connectivity index (χ4n) is 3.05. The van der Waals surface area contributed by atoms with E-state index in [1.54, 1.807) is 0 Å². The lowest BCUT2D eigenvalue weighted by molar-refractivity contribution is -0.136. The minimum Gasteiger partial charge on any atom is -0.298 e. The fraction of sp³-hybridized carbons (Fsp3) is 0.389. The normalized spacial score (nSPS) is 18.9. The second-order valence-electron chi connectivity index (χ2n) is 6.90. The predicted molar refractivity (Wildman–Crippen MR) is 93.8 cm³/mol. The van der Waals surface area contributed by atoms with Crippen molar-refractivity contribution in [3.63, 3.8) is 0 Å². The van der Waals surface area contributed by atoms with Gasteiger partial charge in [-0.25, -0.2) is 0 Å². The van der Waals surface area contributed by atoms with Crippen LogP contribution in [0.1, 0.15) is 37.3 Å². The smallest absolute Gasteiger partial charge is 0.149 e. The SMILES string of the molecule is Cc1nnsc1/C(=N/c1ccccc1)C1C(=O)CC(C)(C)CC1=O. The summed E-state index contributed by atoms with van der Waals surface area (Å²) < 4.78 is 3.95. The molecular weight excluding hydrogens is 322 g/mol. The Bertz CT molecular complexity index is 789. The van der Waals surface area contributed by atoms with Gasteiger partial charge in [-0.1, -0.05) is 36.5 Å². The van der Waals surface area contributed by atoms with Crippen LogP contribution < -0.4 is 0 Å². The van der Waals surface area contributed by atoms with Gasteiger partial charge < -0.3 is 0 Å².